The van der Waals surface area contributed by atoms with Crippen LogP contribution in [0.1, 0.15) is 20.1 Å². The summed E-state index contributed by atoms with van der Waals surface area (Å²) in [7, 11) is 0. The zero-order chi connectivity index (χ0) is 14.3. The van der Waals surface area contributed by atoms with Crippen LogP contribution in [0.3, 0.4) is 0 Å². The van der Waals surface area contributed by atoms with Gasteiger partial charge in [-0.25, -0.2) is 0 Å². The summed E-state index contributed by atoms with van der Waals surface area (Å²) in [5.41, 5.74) is 6.20. The van der Waals surface area contributed by atoms with Crippen LogP contribution < -0.4 is 5.73 Å². The molecule has 1 amide bonds. The molecule has 2 N–H and O–H groups in total. The molecule has 0 aliphatic heterocycles. The molecule has 0 atom stereocenters. The summed E-state index contributed by atoms with van der Waals surface area (Å²) < 4.78 is 0. The van der Waals surface area contributed by atoms with Crippen molar-refractivity contribution in [3.63, 3.8) is 0 Å². The number of thiophene rings is 1. The molecule has 0 aromatic carbocycles. The molecule has 0 bridgehead atoms. The predicted octanol–water partition coefficient (Wildman–Crippen LogP) is 0.856. The average Bonchev–Trinajstić information content (AvgIpc) is 2.76. The fraction of sp³-hybridized carbons (Fsp3) is 0.308. The van der Waals surface area contributed by atoms with Gasteiger partial charge in [-0.1, -0.05) is 11.8 Å². The quantitative estimate of drug-likeness (QED) is 0.652. The predicted molar refractivity (Wildman–Crippen MR) is 72.1 cm³/mol. The molecule has 1 heterocycles. The van der Waals surface area contributed by atoms with E-state index in [-0.39, 0.29) is 25.5 Å². The van der Waals surface area contributed by atoms with E-state index in [1.807, 2.05) is 19.1 Å². The van der Waals surface area contributed by atoms with E-state index in [1.54, 1.807) is 6.07 Å². The second kappa shape index (κ2) is 7.18. The van der Waals surface area contributed by atoms with E-state index < -0.39 is 0 Å². The third-order valence-electron chi connectivity index (χ3n) is 2.24. The van der Waals surface area contributed by atoms with Crippen LogP contribution >= 0.6 is 11.3 Å². The summed E-state index contributed by atoms with van der Waals surface area (Å²) in [6.45, 7) is 1.91. The van der Waals surface area contributed by atoms with Crippen molar-refractivity contribution in [3.05, 3.63) is 21.4 Å². The molecule has 0 aliphatic carbocycles. The van der Waals surface area contributed by atoms with E-state index in [9.17, 15) is 4.79 Å². The summed E-state index contributed by atoms with van der Waals surface area (Å²) >= 11 is 1.25. The molecule has 0 fully saturated rings. The molecular formula is C13H12N4OS. The molecule has 1 aromatic rings. The maximum absolute atomic E-state index is 12.1. The first kappa shape index (κ1) is 14.7. The Bertz CT molecular complexity index is 593. The highest BCUT2D eigenvalue weighted by Crippen LogP contribution is 2.22. The molecule has 5 nitrogen and oxygen atoms in total. The number of hydrogen-bond acceptors (Lipinski definition) is 5. The lowest BCUT2D eigenvalue weighted by molar-refractivity contribution is 0.0799. The maximum atomic E-state index is 12.1. The number of carbonyl (C=O) groups is 1. The highest BCUT2D eigenvalue weighted by Gasteiger charge is 2.18. The van der Waals surface area contributed by atoms with E-state index in [4.69, 9.17) is 16.3 Å². The topological polar surface area (TPSA) is 93.9 Å². The van der Waals surface area contributed by atoms with Crippen LogP contribution in [0, 0.1) is 41.4 Å². The van der Waals surface area contributed by atoms with Crippen LogP contribution in [0.4, 0.5) is 0 Å². The van der Waals surface area contributed by atoms with Crippen molar-refractivity contribution in [2.45, 2.75) is 6.92 Å². The van der Waals surface area contributed by atoms with Gasteiger partial charge < -0.3 is 10.6 Å². The first-order valence-corrected chi connectivity index (χ1v) is 6.28. The molecule has 1 rings (SSSR count). The van der Waals surface area contributed by atoms with Crippen LogP contribution in [0.2, 0.25) is 0 Å². The van der Waals surface area contributed by atoms with E-state index in [0.717, 1.165) is 10.4 Å². The van der Waals surface area contributed by atoms with E-state index in [2.05, 4.69) is 11.8 Å². The van der Waals surface area contributed by atoms with Gasteiger partial charge in [-0.3, -0.25) is 4.79 Å². The fourth-order valence-electron chi connectivity index (χ4n) is 1.37. The molecule has 6 heteroatoms. The summed E-state index contributed by atoms with van der Waals surface area (Å²) in [6, 6.07) is 5.46. The fourth-order valence-corrected chi connectivity index (χ4v) is 2.38. The molecule has 19 heavy (non-hydrogen) atoms. The number of rotatable bonds is 3. The van der Waals surface area contributed by atoms with Gasteiger partial charge in [0.15, 0.2) is 0 Å². The van der Waals surface area contributed by atoms with Crippen molar-refractivity contribution in [2.24, 2.45) is 5.73 Å². The highest BCUT2D eigenvalue weighted by molar-refractivity contribution is 7.14. The van der Waals surface area contributed by atoms with E-state index >= 15 is 0 Å². The summed E-state index contributed by atoms with van der Waals surface area (Å²) in [5, 5.41) is 17.3. The normalized spacial score (nSPS) is 8.84. The third-order valence-corrected chi connectivity index (χ3v) is 3.38. The number of amides is 1. The molecule has 0 saturated heterocycles. The lowest BCUT2D eigenvalue weighted by Gasteiger charge is -2.13. The Morgan fingerprint density at radius 2 is 2.05 bits per heavy atom. The lowest BCUT2D eigenvalue weighted by atomic mass is 10.2. The Hall–Kier alpha value is -2.33. The second-order valence-corrected chi connectivity index (χ2v) is 4.66. The lowest BCUT2D eigenvalue weighted by Crippen LogP contribution is -2.31. The van der Waals surface area contributed by atoms with Crippen LogP contribution in [-0.4, -0.2) is 30.4 Å². The zero-order valence-corrected chi connectivity index (χ0v) is 11.3. The monoisotopic (exact) mass is 272 g/mol. The van der Waals surface area contributed by atoms with Crippen LogP contribution in [0.15, 0.2) is 6.07 Å². The smallest absolute Gasteiger partial charge is 0.265 e. The minimum Gasteiger partial charge on any atom is -0.320 e. The summed E-state index contributed by atoms with van der Waals surface area (Å²) in [6.07, 6.45) is 0. The van der Waals surface area contributed by atoms with Gasteiger partial charge in [0.05, 0.1) is 28.4 Å². The Morgan fingerprint density at radius 3 is 2.58 bits per heavy atom. The van der Waals surface area contributed by atoms with Crippen molar-refractivity contribution in [2.75, 3.05) is 19.6 Å². The van der Waals surface area contributed by atoms with Crippen LogP contribution in [0.25, 0.3) is 0 Å². The van der Waals surface area contributed by atoms with Crippen molar-refractivity contribution in [1.29, 1.82) is 10.5 Å². The van der Waals surface area contributed by atoms with Gasteiger partial charge in [0.25, 0.3) is 5.91 Å². The summed E-state index contributed by atoms with van der Waals surface area (Å²) in [5.74, 6) is 5.31. The molecule has 96 valence electrons. The highest BCUT2D eigenvalue weighted by atomic mass is 32.1. The minimum absolute atomic E-state index is 0.104. The van der Waals surface area contributed by atoms with Crippen LogP contribution in [-0.2, 0) is 0 Å². The van der Waals surface area contributed by atoms with Crippen LogP contribution in [0.5, 0.6) is 0 Å². The number of hydrogen-bond donors (Lipinski definition) is 1. The van der Waals surface area contributed by atoms with Gasteiger partial charge in [-0.2, -0.15) is 10.5 Å². The number of carbonyl (C=O) groups excluding carboxylic acids is 1. The zero-order valence-electron chi connectivity index (χ0n) is 10.4. The SMILES string of the molecule is Cc1cc(C(=O)N(CC#N)CC#N)sc1C#CCN. The van der Waals surface area contributed by atoms with Gasteiger partial charge in [-0.05, 0) is 18.6 Å². The number of nitrogens with two attached hydrogens (primary N) is 1. The average molecular weight is 272 g/mol. The molecule has 0 unspecified atom stereocenters. The Balaban J connectivity index is 3.00. The number of nitrogens with zero attached hydrogens (tertiary/aromatic N) is 3. The standard InChI is InChI=1S/C13H12N4OS/c1-10-9-12(19-11(10)3-2-4-14)13(18)17(7-5-15)8-6-16/h9H,4,7-8,14H2,1H3. The molecule has 0 saturated carbocycles. The minimum atomic E-state index is -0.322. The van der Waals surface area contributed by atoms with Crippen molar-refractivity contribution in [3.8, 4) is 24.0 Å². The second-order valence-electron chi connectivity index (χ2n) is 3.61. The van der Waals surface area contributed by atoms with Crippen molar-refractivity contribution < 1.29 is 4.79 Å². The van der Waals surface area contributed by atoms with Gasteiger partial charge in [0.2, 0.25) is 0 Å². The molecule has 0 aliphatic rings. The van der Waals surface area contributed by atoms with E-state index in [0.29, 0.717) is 4.88 Å². The number of aryl methyl sites for hydroxylation is 1. The van der Waals surface area contributed by atoms with Crippen molar-refractivity contribution >= 4 is 17.2 Å². The van der Waals surface area contributed by atoms with Gasteiger partial charge in [0, 0.05) is 0 Å². The van der Waals surface area contributed by atoms with Gasteiger partial charge in [0.1, 0.15) is 13.1 Å². The van der Waals surface area contributed by atoms with Crippen molar-refractivity contribution in [1.82, 2.24) is 4.90 Å². The Labute approximate surface area is 115 Å². The van der Waals surface area contributed by atoms with E-state index in [1.165, 1.54) is 16.2 Å². The Kier molecular flexibility index (Phi) is 5.57. The largest absolute Gasteiger partial charge is 0.320 e. The Morgan fingerprint density at radius 1 is 1.42 bits per heavy atom. The van der Waals surface area contributed by atoms with Gasteiger partial charge >= 0.3 is 0 Å². The molecule has 0 radical (unpaired) electrons. The number of nitriles is 2. The first-order chi connectivity index (χ1) is 9.13. The molecule has 0 spiro atoms. The third kappa shape index (κ3) is 3.82. The first-order valence-electron chi connectivity index (χ1n) is 5.46. The molecule has 1 aromatic heterocycles. The van der Waals surface area contributed by atoms with Gasteiger partial charge in [-0.15, -0.1) is 11.3 Å². The maximum Gasteiger partial charge on any atom is 0.265 e. The summed E-state index contributed by atoms with van der Waals surface area (Å²) in [4.78, 5) is 14.6. The molecular weight excluding hydrogens is 260 g/mol.